The molecule has 3 aromatic rings. The number of amides is 1. The Labute approximate surface area is 190 Å². The van der Waals surface area contributed by atoms with Crippen LogP contribution in [0.1, 0.15) is 5.56 Å². The predicted molar refractivity (Wildman–Crippen MR) is 120 cm³/mol. The number of ether oxygens (including phenoxy) is 1. The van der Waals surface area contributed by atoms with Crippen LogP contribution in [0.25, 0.3) is 0 Å². The van der Waals surface area contributed by atoms with Gasteiger partial charge >= 0.3 is 0 Å². The Bertz CT molecular complexity index is 1230. The van der Waals surface area contributed by atoms with E-state index in [-0.39, 0.29) is 23.5 Å². The first-order valence-corrected chi connectivity index (χ1v) is 11.7. The van der Waals surface area contributed by atoms with Gasteiger partial charge in [-0.25, -0.2) is 12.8 Å². The van der Waals surface area contributed by atoms with Crippen LogP contribution in [0, 0.1) is 5.82 Å². The standard InChI is InChI=1S/C23H20ClFN2O4S/c24-18-9-11-19(12-10-18)32(29,30)26(15-17-5-1-2-6-20(17)25)16-23(28)27-13-14-31-22-8-4-3-7-21(22)27/h1-12H,13-16H2. The summed E-state index contributed by atoms with van der Waals surface area (Å²) in [5.41, 5.74) is 0.735. The summed E-state index contributed by atoms with van der Waals surface area (Å²) >= 11 is 5.89. The quantitative estimate of drug-likeness (QED) is 0.539. The summed E-state index contributed by atoms with van der Waals surface area (Å²) in [7, 11) is -4.11. The van der Waals surface area contributed by atoms with Crippen LogP contribution in [0.2, 0.25) is 5.02 Å². The van der Waals surface area contributed by atoms with Crippen molar-refractivity contribution in [2.24, 2.45) is 0 Å². The van der Waals surface area contributed by atoms with Crippen LogP contribution in [-0.4, -0.2) is 38.3 Å². The smallest absolute Gasteiger partial charge is 0.243 e. The van der Waals surface area contributed by atoms with Gasteiger partial charge in [-0.3, -0.25) is 4.79 Å². The van der Waals surface area contributed by atoms with Gasteiger partial charge in [-0.2, -0.15) is 4.31 Å². The van der Waals surface area contributed by atoms with E-state index in [4.69, 9.17) is 16.3 Å². The molecular weight excluding hydrogens is 455 g/mol. The van der Waals surface area contributed by atoms with Gasteiger partial charge in [-0.05, 0) is 42.5 Å². The summed E-state index contributed by atoms with van der Waals surface area (Å²) in [6.07, 6.45) is 0. The fourth-order valence-corrected chi connectivity index (χ4v) is 4.96. The summed E-state index contributed by atoms with van der Waals surface area (Å²) in [5.74, 6) is -0.434. The predicted octanol–water partition coefficient (Wildman–Crippen LogP) is 4.10. The van der Waals surface area contributed by atoms with Crippen molar-refractivity contribution < 1.29 is 22.3 Å². The van der Waals surface area contributed by atoms with Crippen LogP contribution < -0.4 is 9.64 Å². The van der Waals surface area contributed by atoms with Crippen molar-refractivity contribution in [3.63, 3.8) is 0 Å². The Morgan fingerprint density at radius 3 is 2.47 bits per heavy atom. The number of benzene rings is 3. The molecule has 0 aliphatic carbocycles. The van der Waals surface area contributed by atoms with Crippen LogP contribution in [0.3, 0.4) is 0 Å². The van der Waals surface area contributed by atoms with E-state index in [9.17, 15) is 17.6 Å². The van der Waals surface area contributed by atoms with E-state index in [1.807, 2.05) is 0 Å². The molecule has 0 N–H and O–H groups in total. The first-order valence-electron chi connectivity index (χ1n) is 9.87. The number of nitrogens with zero attached hydrogens (tertiary/aromatic N) is 2. The zero-order valence-corrected chi connectivity index (χ0v) is 18.5. The number of carbonyl (C=O) groups is 1. The van der Waals surface area contributed by atoms with Gasteiger partial charge < -0.3 is 9.64 Å². The summed E-state index contributed by atoms with van der Waals surface area (Å²) in [4.78, 5) is 14.7. The molecule has 3 aromatic carbocycles. The molecule has 1 heterocycles. The number of carbonyl (C=O) groups excluding carboxylic acids is 1. The van der Waals surface area contributed by atoms with Crippen molar-refractivity contribution >= 4 is 33.2 Å². The zero-order chi connectivity index (χ0) is 22.7. The summed E-state index contributed by atoms with van der Waals surface area (Å²) < 4.78 is 47.7. The lowest BCUT2D eigenvalue weighted by Gasteiger charge is -2.31. The van der Waals surface area contributed by atoms with Gasteiger partial charge in [-0.15, -0.1) is 0 Å². The van der Waals surface area contributed by atoms with E-state index in [1.54, 1.807) is 30.3 Å². The van der Waals surface area contributed by atoms with Crippen LogP contribution in [0.15, 0.2) is 77.7 Å². The van der Waals surface area contributed by atoms with Gasteiger partial charge in [-0.1, -0.05) is 41.9 Å². The van der Waals surface area contributed by atoms with E-state index in [1.165, 1.54) is 47.4 Å². The van der Waals surface area contributed by atoms with Crippen molar-refractivity contribution in [1.29, 1.82) is 0 Å². The van der Waals surface area contributed by atoms with Crippen molar-refractivity contribution in [3.8, 4) is 5.75 Å². The van der Waals surface area contributed by atoms with E-state index in [2.05, 4.69) is 0 Å². The largest absolute Gasteiger partial charge is 0.490 e. The maximum Gasteiger partial charge on any atom is 0.243 e. The molecule has 0 fully saturated rings. The molecule has 0 aromatic heterocycles. The molecule has 1 aliphatic heterocycles. The second-order valence-corrected chi connectivity index (χ2v) is 9.55. The lowest BCUT2D eigenvalue weighted by atomic mass is 10.2. The third-order valence-corrected chi connectivity index (χ3v) is 7.16. The molecule has 166 valence electrons. The molecular formula is C23H20ClFN2O4S. The maximum atomic E-state index is 14.3. The second-order valence-electron chi connectivity index (χ2n) is 7.18. The van der Waals surface area contributed by atoms with Crippen LogP contribution in [0.4, 0.5) is 10.1 Å². The van der Waals surface area contributed by atoms with E-state index in [0.29, 0.717) is 23.1 Å². The van der Waals surface area contributed by atoms with Crippen LogP contribution in [-0.2, 0) is 21.4 Å². The molecule has 0 unspecified atom stereocenters. The van der Waals surface area contributed by atoms with Crippen molar-refractivity contribution in [1.82, 2.24) is 4.31 Å². The fraction of sp³-hybridized carbons (Fsp3) is 0.174. The minimum Gasteiger partial charge on any atom is -0.490 e. The fourth-order valence-electron chi connectivity index (χ4n) is 3.46. The molecule has 1 amide bonds. The summed E-state index contributed by atoms with van der Waals surface area (Å²) in [6.45, 7) is -0.187. The number of anilines is 1. The minimum atomic E-state index is -4.11. The number of halogens is 2. The van der Waals surface area contributed by atoms with Crippen LogP contribution >= 0.6 is 11.6 Å². The highest BCUT2D eigenvalue weighted by Crippen LogP contribution is 2.31. The normalized spacial score (nSPS) is 13.5. The zero-order valence-electron chi connectivity index (χ0n) is 16.9. The molecule has 0 saturated heterocycles. The molecule has 0 bridgehead atoms. The molecule has 0 spiro atoms. The summed E-state index contributed by atoms with van der Waals surface area (Å²) in [5, 5.41) is 0.380. The first kappa shape index (κ1) is 22.3. The number of rotatable bonds is 6. The number of fused-ring (bicyclic) bond motifs is 1. The Balaban J connectivity index is 1.67. The molecule has 9 heteroatoms. The average molecular weight is 475 g/mol. The van der Waals surface area contributed by atoms with Gasteiger partial charge in [0, 0.05) is 17.1 Å². The van der Waals surface area contributed by atoms with Crippen molar-refractivity contribution in [2.45, 2.75) is 11.4 Å². The van der Waals surface area contributed by atoms with Crippen LogP contribution in [0.5, 0.6) is 5.75 Å². The number of sulfonamides is 1. The Hall–Kier alpha value is -2.94. The molecule has 0 atom stereocenters. The average Bonchev–Trinajstić information content (AvgIpc) is 2.79. The van der Waals surface area contributed by atoms with E-state index < -0.39 is 28.3 Å². The monoisotopic (exact) mass is 474 g/mol. The molecule has 6 nitrogen and oxygen atoms in total. The lowest BCUT2D eigenvalue weighted by molar-refractivity contribution is -0.119. The molecule has 0 saturated carbocycles. The Morgan fingerprint density at radius 1 is 1.03 bits per heavy atom. The van der Waals surface area contributed by atoms with E-state index >= 15 is 0 Å². The highest BCUT2D eigenvalue weighted by atomic mass is 35.5. The SMILES string of the molecule is O=C(CN(Cc1ccccc1F)S(=O)(=O)c1ccc(Cl)cc1)N1CCOc2ccccc21. The highest BCUT2D eigenvalue weighted by Gasteiger charge is 2.31. The first-order chi connectivity index (χ1) is 15.4. The molecule has 32 heavy (non-hydrogen) atoms. The maximum absolute atomic E-state index is 14.3. The topological polar surface area (TPSA) is 66.9 Å². The van der Waals surface area contributed by atoms with Gasteiger partial charge in [0.15, 0.2) is 0 Å². The molecule has 1 aliphatic rings. The number of hydrogen-bond donors (Lipinski definition) is 0. The van der Waals surface area contributed by atoms with E-state index in [0.717, 1.165) is 4.31 Å². The molecule has 0 radical (unpaired) electrons. The number of hydrogen-bond acceptors (Lipinski definition) is 4. The van der Waals surface area contributed by atoms with Gasteiger partial charge in [0.2, 0.25) is 15.9 Å². The van der Waals surface area contributed by atoms with Gasteiger partial charge in [0.1, 0.15) is 18.2 Å². The second kappa shape index (κ2) is 9.28. The highest BCUT2D eigenvalue weighted by molar-refractivity contribution is 7.89. The summed E-state index contributed by atoms with van der Waals surface area (Å²) in [6, 6.07) is 18.6. The third-order valence-electron chi connectivity index (χ3n) is 5.10. The Kier molecular flexibility index (Phi) is 6.45. The van der Waals surface area contributed by atoms with Gasteiger partial charge in [0.25, 0.3) is 0 Å². The number of para-hydroxylation sites is 2. The Morgan fingerprint density at radius 2 is 1.72 bits per heavy atom. The van der Waals surface area contributed by atoms with Gasteiger partial charge in [0.05, 0.1) is 23.7 Å². The lowest BCUT2D eigenvalue weighted by Crippen LogP contribution is -2.45. The van der Waals surface area contributed by atoms with Crippen molar-refractivity contribution in [3.05, 3.63) is 89.2 Å². The minimum absolute atomic E-state index is 0.0339. The molecule has 4 rings (SSSR count). The third kappa shape index (κ3) is 4.62. The van der Waals surface area contributed by atoms with Crippen molar-refractivity contribution in [2.75, 3.05) is 24.6 Å².